The van der Waals surface area contributed by atoms with Gasteiger partial charge in [-0.1, -0.05) is 17.7 Å². The predicted molar refractivity (Wildman–Crippen MR) is 65.8 cm³/mol. The Morgan fingerprint density at radius 3 is 2.73 bits per heavy atom. The number of benzene rings is 1. The molecule has 0 aliphatic rings. The summed E-state index contributed by atoms with van der Waals surface area (Å²) in [6.07, 6.45) is 1.64. The van der Waals surface area contributed by atoms with Crippen LogP contribution in [0.15, 0.2) is 28.9 Å². The summed E-state index contributed by atoms with van der Waals surface area (Å²) in [6.45, 7) is 0. The van der Waals surface area contributed by atoms with E-state index in [1.54, 1.807) is 10.9 Å². The highest BCUT2D eigenvalue weighted by Crippen LogP contribution is 2.31. The van der Waals surface area contributed by atoms with E-state index in [4.69, 9.17) is 17.3 Å². The molecule has 0 saturated heterocycles. The van der Waals surface area contributed by atoms with Crippen LogP contribution in [-0.2, 0) is 7.05 Å². The zero-order valence-corrected chi connectivity index (χ0v) is 10.4. The smallest absolute Gasteiger partial charge is 0.0909 e. The summed E-state index contributed by atoms with van der Waals surface area (Å²) in [5, 5.41) is 4.77. The molecule has 3 nitrogen and oxygen atoms in total. The van der Waals surface area contributed by atoms with Crippen LogP contribution in [0.5, 0.6) is 0 Å². The fourth-order valence-corrected chi connectivity index (χ4v) is 1.95. The Bertz CT molecular complexity index is 488. The first-order valence-electron chi connectivity index (χ1n) is 4.32. The maximum absolute atomic E-state index is 5.92. The minimum absolute atomic E-state index is 0.659. The topological polar surface area (TPSA) is 43.8 Å². The molecule has 0 aliphatic carbocycles. The normalized spacial score (nSPS) is 10.6. The van der Waals surface area contributed by atoms with Crippen molar-refractivity contribution in [3.63, 3.8) is 0 Å². The summed E-state index contributed by atoms with van der Waals surface area (Å²) in [6, 6.07) is 5.67. The van der Waals surface area contributed by atoms with E-state index in [1.807, 2.05) is 25.2 Å². The van der Waals surface area contributed by atoms with Crippen LogP contribution < -0.4 is 5.73 Å². The fraction of sp³-hybridized carbons (Fsp3) is 0.100. The number of aromatic nitrogens is 2. The summed E-state index contributed by atoms with van der Waals surface area (Å²) in [4.78, 5) is 0. The van der Waals surface area contributed by atoms with E-state index in [1.165, 1.54) is 0 Å². The Balaban J connectivity index is 2.59. The summed E-state index contributed by atoms with van der Waals surface area (Å²) in [5.41, 5.74) is 8.37. The molecule has 2 rings (SSSR count). The van der Waals surface area contributed by atoms with Gasteiger partial charge in [0.15, 0.2) is 0 Å². The molecule has 0 fully saturated rings. The Hall–Kier alpha value is -1.000. The first-order valence-corrected chi connectivity index (χ1v) is 5.49. The van der Waals surface area contributed by atoms with Crippen molar-refractivity contribution in [2.45, 2.75) is 0 Å². The molecule has 5 heteroatoms. The lowest BCUT2D eigenvalue weighted by molar-refractivity contribution is 0.776. The van der Waals surface area contributed by atoms with E-state index < -0.39 is 0 Å². The number of hydrogen-bond donors (Lipinski definition) is 1. The molecule has 0 bridgehead atoms. The fourth-order valence-electron chi connectivity index (χ4n) is 1.45. The van der Waals surface area contributed by atoms with Gasteiger partial charge in [-0.15, -0.1) is 0 Å². The van der Waals surface area contributed by atoms with Crippen molar-refractivity contribution in [2.24, 2.45) is 7.05 Å². The molecule has 2 N–H and O–H groups in total. The van der Waals surface area contributed by atoms with Gasteiger partial charge in [0.1, 0.15) is 0 Å². The molecule has 0 aliphatic heterocycles. The standard InChI is InChI=1S/C10H9BrClN3/c1-15-10(9(13)5-14-15)6-2-3-8(12)7(11)4-6/h2-5H,13H2,1H3. The summed E-state index contributed by atoms with van der Waals surface area (Å²) < 4.78 is 2.59. The molecule has 15 heavy (non-hydrogen) atoms. The van der Waals surface area contributed by atoms with Crippen LogP contribution in [0, 0.1) is 0 Å². The summed E-state index contributed by atoms with van der Waals surface area (Å²) >= 11 is 9.30. The third kappa shape index (κ3) is 1.87. The number of rotatable bonds is 1. The molecule has 1 aromatic carbocycles. The van der Waals surface area contributed by atoms with Crippen LogP contribution in [0.25, 0.3) is 11.3 Å². The van der Waals surface area contributed by atoms with Gasteiger partial charge in [0.2, 0.25) is 0 Å². The number of aryl methyl sites for hydroxylation is 1. The molecular weight excluding hydrogens is 277 g/mol. The van der Waals surface area contributed by atoms with Crippen LogP contribution in [0.1, 0.15) is 0 Å². The molecule has 0 atom stereocenters. The third-order valence-electron chi connectivity index (χ3n) is 2.16. The maximum Gasteiger partial charge on any atom is 0.0909 e. The molecule has 0 radical (unpaired) electrons. The van der Waals surface area contributed by atoms with Crippen molar-refractivity contribution >= 4 is 33.2 Å². The molecule has 1 aromatic heterocycles. The Kier molecular flexibility index (Phi) is 2.71. The lowest BCUT2D eigenvalue weighted by atomic mass is 10.1. The minimum atomic E-state index is 0.659. The van der Waals surface area contributed by atoms with Gasteiger partial charge >= 0.3 is 0 Å². The molecule has 0 spiro atoms. The van der Waals surface area contributed by atoms with Gasteiger partial charge in [-0.05, 0) is 28.1 Å². The minimum Gasteiger partial charge on any atom is -0.396 e. The van der Waals surface area contributed by atoms with Gasteiger partial charge in [0.05, 0.1) is 22.6 Å². The summed E-state index contributed by atoms with van der Waals surface area (Å²) in [5.74, 6) is 0. The number of anilines is 1. The highest BCUT2D eigenvalue weighted by molar-refractivity contribution is 9.10. The summed E-state index contributed by atoms with van der Waals surface area (Å²) in [7, 11) is 1.86. The highest BCUT2D eigenvalue weighted by atomic mass is 79.9. The lowest BCUT2D eigenvalue weighted by Crippen LogP contribution is -1.95. The van der Waals surface area contributed by atoms with E-state index in [-0.39, 0.29) is 0 Å². The maximum atomic E-state index is 5.92. The Morgan fingerprint density at radius 2 is 2.20 bits per heavy atom. The first-order chi connectivity index (χ1) is 7.09. The molecule has 78 valence electrons. The quantitative estimate of drug-likeness (QED) is 0.875. The van der Waals surface area contributed by atoms with E-state index in [0.29, 0.717) is 10.7 Å². The SMILES string of the molecule is Cn1ncc(N)c1-c1ccc(Cl)c(Br)c1. The van der Waals surface area contributed by atoms with Gasteiger partial charge in [-0.2, -0.15) is 5.10 Å². The van der Waals surface area contributed by atoms with Gasteiger partial charge in [-0.3, -0.25) is 4.68 Å². The number of nitrogen functional groups attached to an aromatic ring is 1. The second kappa shape index (κ2) is 3.87. The van der Waals surface area contributed by atoms with Crippen LogP contribution in [-0.4, -0.2) is 9.78 Å². The van der Waals surface area contributed by atoms with E-state index in [9.17, 15) is 0 Å². The first kappa shape index (κ1) is 10.5. The van der Waals surface area contributed by atoms with Crippen molar-refractivity contribution in [2.75, 3.05) is 5.73 Å². The molecule has 0 saturated carbocycles. The molecule has 0 unspecified atom stereocenters. The highest BCUT2D eigenvalue weighted by Gasteiger charge is 2.09. The predicted octanol–water partition coefficient (Wildman–Crippen LogP) is 3.09. The Labute approximate surface area is 101 Å². The van der Waals surface area contributed by atoms with E-state index >= 15 is 0 Å². The van der Waals surface area contributed by atoms with E-state index in [2.05, 4.69) is 21.0 Å². The molecule has 1 heterocycles. The zero-order valence-electron chi connectivity index (χ0n) is 8.04. The third-order valence-corrected chi connectivity index (χ3v) is 3.37. The average molecular weight is 287 g/mol. The lowest BCUT2D eigenvalue weighted by Gasteiger charge is -2.05. The molecule has 0 amide bonds. The van der Waals surface area contributed by atoms with Gasteiger partial charge < -0.3 is 5.73 Å². The van der Waals surface area contributed by atoms with Crippen LogP contribution in [0.2, 0.25) is 5.02 Å². The van der Waals surface area contributed by atoms with Crippen LogP contribution >= 0.6 is 27.5 Å². The monoisotopic (exact) mass is 285 g/mol. The van der Waals surface area contributed by atoms with Gasteiger partial charge in [0, 0.05) is 17.1 Å². The average Bonchev–Trinajstić information content (AvgIpc) is 2.52. The second-order valence-corrected chi connectivity index (χ2v) is 4.46. The van der Waals surface area contributed by atoms with Crippen molar-refractivity contribution in [3.05, 3.63) is 33.9 Å². The van der Waals surface area contributed by atoms with Crippen molar-refractivity contribution in [3.8, 4) is 11.3 Å². The van der Waals surface area contributed by atoms with Gasteiger partial charge in [0.25, 0.3) is 0 Å². The van der Waals surface area contributed by atoms with Gasteiger partial charge in [-0.25, -0.2) is 0 Å². The van der Waals surface area contributed by atoms with Crippen molar-refractivity contribution in [1.29, 1.82) is 0 Å². The zero-order chi connectivity index (χ0) is 11.0. The largest absolute Gasteiger partial charge is 0.396 e. The number of nitrogens with zero attached hydrogens (tertiary/aromatic N) is 2. The molecular formula is C10H9BrClN3. The van der Waals surface area contributed by atoms with Crippen LogP contribution in [0.3, 0.4) is 0 Å². The van der Waals surface area contributed by atoms with Crippen LogP contribution in [0.4, 0.5) is 5.69 Å². The van der Waals surface area contributed by atoms with Crippen molar-refractivity contribution in [1.82, 2.24) is 9.78 Å². The number of nitrogens with two attached hydrogens (primary N) is 1. The molecule has 2 aromatic rings. The number of hydrogen-bond acceptors (Lipinski definition) is 2. The Morgan fingerprint density at radius 1 is 1.47 bits per heavy atom. The second-order valence-electron chi connectivity index (χ2n) is 3.20. The van der Waals surface area contributed by atoms with Crippen molar-refractivity contribution < 1.29 is 0 Å². The van der Waals surface area contributed by atoms with E-state index in [0.717, 1.165) is 15.7 Å². The number of halogens is 2.